The molecule has 2 aliphatic carbocycles. The minimum atomic E-state index is 0.477. The highest BCUT2D eigenvalue weighted by Crippen LogP contribution is 2.42. The number of rotatable bonds is 3. The molecule has 5 heteroatoms. The van der Waals surface area contributed by atoms with Crippen molar-refractivity contribution in [3.63, 3.8) is 0 Å². The molecule has 1 fully saturated rings. The molecule has 0 atom stereocenters. The standard InChI is InChI=1S/C27H25N5/c1-17-14-21(15-17)27-31-24(25-26(28)29-12-13-32(25)27)20-9-5-8-19-10-11-22(30-23(19)16-20)18-6-3-2-4-7-18/h2-8,10-13,16-17,21H,9,14-15H2,1H3,(H2,28,29). The van der Waals surface area contributed by atoms with E-state index in [1.165, 1.54) is 12.8 Å². The molecule has 0 radical (unpaired) electrons. The van der Waals surface area contributed by atoms with E-state index in [1.807, 2.05) is 24.4 Å². The van der Waals surface area contributed by atoms with Crippen LogP contribution >= 0.6 is 0 Å². The first-order valence-electron chi connectivity index (χ1n) is 11.2. The lowest BCUT2D eigenvalue weighted by molar-refractivity contribution is 0.277. The van der Waals surface area contributed by atoms with Crippen molar-refractivity contribution in [1.29, 1.82) is 0 Å². The first-order chi connectivity index (χ1) is 15.7. The molecular weight excluding hydrogens is 394 g/mol. The molecule has 1 saturated carbocycles. The topological polar surface area (TPSA) is 69.1 Å². The van der Waals surface area contributed by atoms with Crippen molar-refractivity contribution in [2.75, 3.05) is 5.73 Å². The highest BCUT2D eigenvalue weighted by Gasteiger charge is 2.32. The quantitative estimate of drug-likeness (QED) is 0.453. The van der Waals surface area contributed by atoms with Crippen LogP contribution in [-0.4, -0.2) is 19.4 Å². The molecule has 158 valence electrons. The van der Waals surface area contributed by atoms with Gasteiger partial charge >= 0.3 is 0 Å². The fourth-order valence-corrected chi connectivity index (χ4v) is 4.93. The summed E-state index contributed by atoms with van der Waals surface area (Å²) in [6, 6.07) is 14.5. The molecule has 6 rings (SSSR count). The monoisotopic (exact) mass is 419 g/mol. The molecular formula is C27H25N5. The number of aromatic nitrogens is 4. The van der Waals surface area contributed by atoms with Crippen molar-refractivity contribution < 1.29 is 0 Å². The van der Waals surface area contributed by atoms with Crippen molar-refractivity contribution in [3.05, 3.63) is 83.7 Å². The SMILES string of the molecule is CC1CC(c2nc(C3=Cc4nc(-c5ccccc5)ccc4C=CC3)c3c(N)nccn23)C1. The Morgan fingerprint density at radius 1 is 1.03 bits per heavy atom. The van der Waals surface area contributed by atoms with Gasteiger partial charge in [-0.15, -0.1) is 0 Å². The Balaban J connectivity index is 1.50. The van der Waals surface area contributed by atoms with E-state index in [9.17, 15) is 0 Å². The Labute approximate surface area is 187 Å². The number of nitrogens with two attached hydrogens (primary N) is 1. The third-order valence-corrected chi connectivity index (χ3v) is 6.63. The van der Waals surface area contributed by atoms with Crippen LogP contribution in [0.15, 0.2) is 60.9 Å². The molecule has 0 spiro atoms. The summed E-state index contributed by atoms with van der Waals surface area (Å²) in [6.45, 7) is 2.30. The van der Waals surface area contributed by atoms with E-state index in [1.54, 1.807) is 6.20 Å². The molecule has 0 saturated heterocycles. The van der Waals surface area contributed by atoms with Crippen LogP contribution in [0.1, 0.15) is 54.9 Å². The average Bonchev–Trinajstić information content (AvgIpc) is 3.05. The smallest absolute Gasteiger partial charge is 0.150 e. The lowest BCUT2D eigenvalue weighted by Gasteiger charge is -2.31. The second-order valence-electron chi connectivity index (χ2n) is 8.94. The summed E-state index contributed by atoms with van der Waals surface area (Å²) >= 11 is 0. The molecule has 2 aliphatic rings. The fourth-order valence-electron chi connectivity index (χ4n) is 4.93. The van der Waals surface area contributed by atoms with Crippen molar-refractivity contribution in [2.45, 2.75) is 32.1 Å². The zero-order chi connectivity index (χ0) is 21.7. The highest BCUT2D eigenvalue weighted by molar-refractivity contribution is 5.92. The molecule has 0 amide bonds. The molecule has 32 heavy (non-hydrogen) atoms. The first-order valence-corrected chi connectivity index (χ1v) is 11.2. The largest absolute Gasteiger partial charge is 0.382 e. The molecule has 1 aromatic carbocycles. The predicted molar refractivity (Wildman–Crippen MR) is 130 cm³/mol. The van der Waals surface area contributed by atoms with Crippen LogP contribution in [-0.2, 0) is 0 Å². The van der Waals surface area contributed by atoms with Gasteiger partial charge in [-0.2, -0.15) is 0 Å². The number of benzene rings is 1. The summed E-state index contributed by atoms with van der Waals surface area (Å²) < 4.78 is 2.15. The van der Waals surface area contributed by atoms with Crippen LogP contribution in [0.5, 0.6) is 0 Å². The molecule has 2 N–H and O–H groups in total. The highest BCUT2D eigenvalue weighted by atomic mass is 15.1. The van der Waals surface area contributed by atoms with E-state index in [0.717, 1.165) is 57.5 Å². The van der Waals surface area contributed by atoms with Gasteiger partial charge in [0.2, 0.25) is 0 Å². The summed E-state index contributed by atoms with van der Waals surface area (Å²) in [5.74, 6) is 2.85. The number of nitrogen functional groups attached to an aromatic ring is 1. The van der Waals surface area contributed by atoms with Crippen molar-refractivity contribution >= 4 is 29.1 Å². The minimum absolute atomic E-state index is 0.477. The number of hydrogen-bond acceptors (Lipinski definition) is 4. The van der Waals surface area contributed by atoms with Crippen LogP contribution in [0.3, 0.4) is 0 Å². The predicted octanol–water partition coefficient (Wildman–Crippen LogP) is 5.84. The number of anilines is 1. The Kier molecular flexibility index (Phi) is 4.42. The molecule has 3 aromatic heterocycles. The zero-order valence-corrected chi connectivity index (χ0v) is 18.1. The molecule has 5 nitrogen and oxygen atoms in total. The Bertz CT molecular complexity index is 1370. The van der Waals surface area contributed by atoms with Crippen molar-refractivity contribution in [2.24, 2.45) is 5.92 Å². The Hall–Kier alpha value is -3.73. The van der Waals surface area contributed by atoms with Crippen LogP contribution in [0.25, 0.3) is 34.5 Å². The molecule has 0 bridgehead atoms. The van der Waals surface area contributed by atoms with Gasteiger partial charge in [0.1, 0.15) is 17.2 Å². The summed E-state index contributed by atoms with van der Waals surface area (Å²) in [5.41, 5.74) is 13.5. The van der Waals surface area contributed by atoms with Crippen LogP contribution in [0, 0.1) is 5.92 Å². The van der Waals surface area contributed by atoms with Crippen LogP contribution in [0.2, 0.25) is 0 Å². The maximum Gasteiger partial charge on any atom is 0.150 e. The van der Waals surface area contributed by atoms with E-state index in [4.69, 9.17) is 15.7 Å². The minimum Gasteiger partial charge on any atom is -0.382 e. The van der Waals surface area contributed by atoms with Gasteiger partial charge in [-0.1, -0.05) is 55.5 Å². The molecule has 0 aliphatic heterocycles. The van der Waals surface area contributed by atoms with Gasteiger partial charge in [-0.05, 0) is 48.5 Å². The number of imidazole rings is 1. The number of fused-ring (bicyclic) bond motifs is 2. The zero-order valence-electron chi connectivity index (χ0n) is 18.1. The fraction of sp³-hybridized carbons (Fsp3) is 0.222. The van der Waals surface area contributed by atoms with Gasteiger partial charge in [0.05, 0.1) is 17.1 Å². The second-order valence-corrected chi connectivity index (χ2v) is 8.94. The molecule has 0 unspecified atom stereocenters. The Morgan fingerprint density at radius 3 is 2.69 bits per heavy atom. The van der Waals surface area contributed by atoms with E-state index in [2.05, 4.69) is 58.8 Å². The lowest BCUT2D eigenvalue weighted by Crippen LogP contribution is -2.21. The number of allylic oxidation sites excluding steroid dienone is 2. The number of nitrogens with zero attached hydrogens (tertiary/aromatic N) is 4. The normalized spacial score (nSPS) is 19.8. The van der Waals surface area contributed by atoms with Crippen LogP contribution in [0.4, 0.5) is 5.82 Å². The van der Waals surface area contributed by atoms with Gasteiger partial charge in [-0.3, -0.25) is 4.40 Å². The van der Waals surface area contributed by atoms with E-state index in [-0.39, 0.29) is 0 Å². The summed E-state index contributed by atoms with van der Waals surface area (Å²) in [6.07, 6.45) is 13.4. The maximum atomic E-state index is 6.36. The Morgan fingerprint density at radius 2 is 1.88 bits per heavy atom. The number of hydrogen-bond donors (Lipinski definition) is 1. The maximum absolute atomic E-state index is 6.36. The molecule has 3 heterocycles. The van der Waals surface area contributed by atoms with Gasteiger partial charge in [0, 0.05) is 23.9 Å². The third-order valence-electron chi connectivity index (χ3n) is 6.63. The summed E-state index contributed by atoms with van der Waals surface area (Å²) in [7, 11) is 0. The van der Waals surface area contributed by atoms with Crippen molar-refractivity contribution in [3.8, 4) is 11.3 Å². The van der Waals surface area contributed by atoms with Gasteiger partial charge in [0.15, 0.2) is 0 Å². The molecule has 4 aromatic rings. The summed E-state index contributed by atoms with van der Waals surface area (Å²) in [4.78, 5) is 14.5. The first kappa shape index (κ1) is 19.0. The van der Waals surface area contributed by atoms with Crippen molar-refractivity contribution in [1.82, 2.24) is 19.4 Å². The average molecular weight is 420 g/mol. The van der Waals surface area contributed by atoms with Crippen LogP contribution < -0.4 is 5.73 Å². The second kappa shape index (κ2) is 7.45. The lowest BCUT2D eigenvalue weighted by atomic mass is 9.76. The van der Waals surface area contributed by atoms with E-state index < -0.39 is 0 Å². The third kappa shape index (κ3) is 3.12. The van der Waals surface area contributed by atoms with E-state index in [0.29, 0.717) is 11.7 Å². The van der Waals surface area contributed by atoms with E-state index >= 15 is 0 Å². The van der Waals surface area contributed by atoms with Gasteiger partial charge < -0.3 is 5.73 Å². The number of pyridine rings is 1. The van der Waals surface area contributed by atoms with Gasteiger partial charge in [0.25, 0.3) is 0 Å². The van der Waals surface area contributed by atoms with Gasteiger partial charge in [-0.25, -0.2) is 15.0 Å². The summed E-state index contributed by atoms with van der Waals surface area (Å²) in [5, 5.41) is 0.